The van der Waals surface area contributed by atoms with Gasteiger partial charge in [0.2, 0.25) is 5.89 Å². The zero-order valence-corrected chi connectivity index (χ0v) is 15.3. The Labute approximate surface area is 154 Å². The fourth-order valence-corrected chi connectivity index (χ4v) is 3.42. The molecular weight excluding hydrogens is 362 g/mol. The number of halogens is 1. The van der Waals surface area contributed by atoms with Gasteiger partial charge in [0.1, 0.15) is 6.54 Å². The molecule has 0 radical (unpaired) electrons. The summed E-state index contributed by atoms with van der Waals surface area (Å²) < 4.78 is 9.23. The van der Waals surface area contributed by atoms with Crippen LogP contribution in [0.2, 0.25) is 0 Å². The Morgan fingerprint density at radius 3 is 2.65 bits per heavy atom. The van der Waals surface area contributed by atoms with Crippen molar-refractivity contribution in [3.05, 3.63) is 38.9 Å². The lowest BCUT2D eigenvalue weighted by atomic mass is 9.99. The number of hydrogen-bond donors (Lipinski definition) is 1. The summed E-state index contributed by atoms with van der Waals surface area (Å²) in [5.74, 6) is 0.624. The van der Waals surface area contributed by atoms with E-state index in [0.29, 0.717) is 17.0 Å². The molecule has 140 valence electrons. The number of nitrogens with zero attached hydrogens (tertiary/aromatic N) is 6. The second-order valence-corrected chi connectivity index (χ2v) is 6.64. The number of hydrogen-bond acceptors (Lipinski definition) is 7. The summed E-state index contributed by atoms with van der Waals surface area (Å²) >= 11 is 0. The zero-order chi connectivity index (χ0) is 17.8. The Morgan fingerprint density at radius 1 is 1.27 bits per heavy atom. The van der Waals surface area contributed by atoms with Gasteiger partial charge < -0.3 is 14.8 Å². The van der Waals surface area contributed by atoms with Crippen LogP contribution < -0.4 is 17.0 Å². The third kappa shape index (κ3) is 2.65. The van der Waals surface area contributed by atoms with Crippen LogP contribution in [0.3, 0.4) is 0 Å². The number of rotatable bonds is 3. The summed E-state index contributed by atoms with van der Waals surface area (Å²) in [6.07, 6.45) is 5.15. The van der Waals surface area contributed by atoms with Crippen LogP contribution in [0.4, 0.5) is 0 Å². The van der Waals surface area contributed by atoms with E-state index in [9.17, 15) is 9.59 Å². The van der Waals surface area contributed by atoms with Gasteiger partial charge in [0.15, 0.2) is 17.0 Å². The van der Waals surface area contributed by atoms with Gasteiger partial charge in [-0.3, -0.25) is 9.36 Å². The van der Waals surface area contributed by atoms with Crippen LogP contribution in [0.5, 0.6) is 0 Å². The van der Waals surface area contributed by atoms with Gasteiger partial charge in [-0.15, -0.1) is 12.4 Å². The van der Waals surface area contributed by atoms with Gasteiger partial charge >= 0.3 is 5.69 Å². The lowest BCUT2D eigenvalue weighted by Gasteiger charge is -2.17. The van der Waals surface area contributed by atoms with E-state index in [1.807, 2.05) is 0 Å². The Hall–Kier alpha value is -2.46. The van der Waals surface area contributed by atoms with Crippen LogP contribution >= 0.6 is 12.4 Å². The van der Waals surface area contributed by atoms with Gasteiger partial charge in [0.25, 0.3) is 5.56 Å². The minimum atomic E-state index is -0.580. The van der Waals surface area contributed by atoms with Crippen molar-refractivity contribution >= 4 is 23.6 Å². The maximum Gasteiger partial charge on any atom is 0.332 e. The van der Waals surface area contributed by atoms with Crippen molar-refractivity contribution in [3.63, 3.8) is 0 Å². The molecule has 0 atom stereocenters. The van der Waals surface area contributed by atoms with Gasteiger partial charge in [-0.1, -0.05) is 18.0 Å². The monoisotopic (exact) mass is 381 g/mol. The standard InChI is InChI=1S/C15H19N7O3.ClH/c1-20-8-17-11-10(20)12(23)22(14(24)21(11)2)7-9-18-13(19-25-9)15(16)5-3-4-6-15;/h8H,3-7,16H2,1-2H3;1H. The Morgan fingerprint density at radius 2 is 1.96 bits per heavy atom. The smallest absolute Gasteiger partial charge is 0.332 e. The molecule has 1 aliphatic carbocycles. The molecule has 0 saturated heterocycles. The highest BCUT2D eigenvalue weighted by molar-refractivity contribution is 5.85. The van der Waals surface area contributed by atoms with Crippen molar-refractivity contribution in [3.8, 4) is 0 Å². The van der Waals surface area contributed by atoms with Crippen molar-refractivity contribution in [1.82, 2.24) is 28.8 Å². The van der Waals surface area contributed by atoms with Crippen molar-refractivity contribution in [2.45, 2.75) is 37.8 Å². The molecule has 0 aliphatic heterocycles. The summed E-state index contributed by atoms with van der Waals surface area (Å²) in [6, 6.07) is 0. The lowest BCUT2D eigenvalue weighted by Crippen LogP contribution is -2.40. The first-order chi connectivity index (χ1) is 11.9. The summed E-state index contributed by atoms with van der Waals surface area (Å²) in [5, 5.41) is 3.96. The predicted octanol–water partition coefficient (Wildman–Crippen LogP) is 0.0148. The van der Waals surface area contributed by atoms with Crippen LogP contribution in [-0.4, -0.2) is 28.8 Å². The van der Waals surface area contributed by atoms with Crippen molar-refractivity contribution in [1.29, 1.82) is 0 Å². The van der Waals surface area contributed by atoms with Gasteiger partial charge in [-0.2, -0.15) is 4.98 Å². The average Bonchev–Trinajstić information content (AvgIpc) is 3.30. The van der Waals surface area contributed by atoms with E-state index in [1.54, 1.807) is 18.7 Å². The molecule has 3 heterocycles. The molecule has 26 heavy (non-hydrogen) atoms. The molecule has 0 spiro atoms. The molecule has 3 aromatic heterocycles. The first kappa shape index (κ1) is 18.3. The molecule has 1 saturated carbocycles. The topological polar surface area (TPSA) is 127 Å². The van der Waals surface area contributed by atoms with Crippen LogP contribution in [0.1, 0.15) is 37.4 Å². The summed E-state index contributed by atoms with van der Waals surface area (Å²) in [7, 11) is 3.27. The quantitative estimate of drug-likeness (QED) is 0.677. The Balaban J connectivity index is 0.00000196. The number of nitrogens with two attached hydrogens (primary N) is 1. The minimum absolute atomic E-state index is 0. The maximum absolute atomic E-state index is 12.7. The van der Waals surface area contributed by atoms with E-state index in [1.165, 1.54) is 10.9 Å². The van der Waals surface area contributed by atoms with Crippen LogP contribution in [0.25, 0.3) is 11.2 Å². The molecule has 0 aromatic carbocycles. The van der Waals surface area contributed by atoms with E-state index in [4.69, 9.17) is 10.3 Å². The molecule has 2 N–H and O–H groups in total. The molecule has 0 bridgehead atoms. The van der Waals surface area contributed by atoms with Gasteiger partial charge in [0.05, 0.1) is 11.9 Å². The molecular formula is C15H20ClN7O3. The molecule has 3 aromatic rings. The van der Waals surface area contributed by atoms with Crippen molar-refractivity contribution in [2.24, 2.45) is 19.8 Å². The van der Waals surface area contributed by atoms with Crippen molar-refractivity contribution < 1.29 is 4.52 Å². The Kier molecular flexibility index (Phi) is 4.49. The van der Waals surface area contributed by atoms with E-state index >= 15 is 0 Å². The van der Waals surface area contributed by atoms with Crippen LogP contribution in [0.15, 0.2) is 20.4 Å². The summed E-state index contributed by atoms with van der Waals surface area (Å²) in [4.78, 5) is 33.6. The van der Waals surface area contributed by atoms with Gasteiger partial charge in [0, 0.05) is 14.1 Å². The summed E-state index contributed by atoms with van der Waals surface area (Å²) in [5.41, 5.74) is 5.49. The largest absolute Gasteiger partial charge is 0.337 e. The minimum Gasteiger partial charge on any atom is -0.337 e. The molecule has 0 amide bonds. The molecule has 11 heteroatoms. The molecule has 1 fully saturated rings. The first-order valence-electron chi connectivity index (χ1n) is 8.13. The second-order valence-electron chi connectivity index (χ2n) is 6.64. The Bertz CT molecular complexity index is 1070. The number of fused-ring (bicyclic) bond motifs is 1. The highest BCUT2D eigenvalue weighted by atomic mass is 35.5. The van der Waals surface area contributed by atoms with Gasteiger partial charge in [-0.05, 0) is 12.8 Å². The van der Waals surface area contributed by atoms with Gasteiger partial charge in [-0.25, -0.2) is 14.3 Å². The normalized spacial score (nSPS) is 16.1. The first-order valence-corrected chi connectivity index (χ1v) is 8.13. The summed E-state index contributed by atoms with van der Waals surface area (Å²) in [6.45, 7) is -0.101. The lowest BCUT2D eigenvalue weighted by molar-refractivity contribution is 0.342. The van der Waals surface area contributed by atoms with E-state index in [0.717, 1.165) is 30.3 Å². The predicted molar refractivity (Wildman–Crippen MR) is 95.2 cm³/mol. The average molecular weight is 382 g/mol. The van der Waals surface area contributed by atoms with Crippen LogP contribution in [-0.2, 0) is 26.2 Å². The molecule has 10 nitrogen and oxygen atoms in total. The number of imidazole rings is 1. The number of aromatic nitrogens is 6. The zero-order valence-electron chi connectivity index (χ0n) is 14.5. The van der Waals surface area contributed by atoms with Crippen molar-refractivity contribution in [2.75, 3.05) is 0 Å². The second kappa shape index (κ2) is 6.36. The fraction of sp³-hybridized carbons (Fsp3) is 0.533. The highest BCUT2D eigenvalue weighted by Gasteiger charge is 2.36. The molecule has 0 unspecified atom stereocenters. The molecule has 4 rings (SSSR count). The van der Waals surface area contributed by atoms with E-state index < -0.39 is 16.8 Å². The third-order valence-electron chi connectivity index (χ3n) is 4.90. The fourth-order valence-electron chi connectivity index (χ4n) is 3.42. The van der Waals surface area contributed by atoms with E-state index in [-0.39, 0.29) is 24.8 Å². The third-order valence-corrected chi connectivity index (χ3v) is 4.90. The van der Waals surface area contributed by atoms with E-state index in [2.05, 4.69) is 15.1 Å². The number of aryl methyl sites for hydroxylation is 2. The highest BCUT2D eigenvalue weighted by Crippen LogP contribution is 2.34. The van der Waals surface area contributed by atoms with Crippen LogP contribution in [0, 0.1) is 0 Å². The maximum atomic E-state index is 12.7. The molecule has 1 aliphatic rings. The SMILES string of the molecule is Cl.Cn1cnc2c1c(=O)n(Cc1nc(C3(N)CCCC3)no1)c(=O)n2C.